The van der Waals surface area contributed by atoms with Gasteiger partial charge >= 0.3 is 0 Å². The number of aryl methyl sites for hydroxylation is 3. The van der Waals surface area contributed by atoms with Crippen LogP contribution in [-0.2, 0) is 0 Å². The van der Waals surface area contributed by atoms with E-state index in [0.717, 1.165) is 33.1 Å². The average molecular weight is 597 g/mol. The Balaban J connectivity index is 1.26. The molecule has 0 amide bonds. The molecule has 0 saturated carbocycles. The fourth-order valence-electron chi connectivity index (χ4n) is 5.31. The van der Waals surface area contributed by atoms with Gasteiger partial charge < -0.3 is 26.0 Å². The van der Waals surface area contributed by atoms with Gasteiger partial charge in [-0.15, -0.1) is 15.3 Å². The molecule has 9 heteroatoms. The molecule has 224 valence electrons. The number of anilines is 3. The Morgan fingerprint density at radius 1 is 0.644 bits per heavy atom. The summed E-state index contributed by atoms with van der Waals surface area (Å²) in [5, 5.41) is 46.2. The Kier molecular flexibility index (Phi) is 7.75. The predicted molar refractivity (Wildman–Crippen MR) is 181 cm³/mol. The van der Waals surface area contributed by atoms with Crippen molar-refractivity contribution in [2.75, 3.05) is 18.2 Å². The maximum Gasteiger partial charge on any atom is 0.151 e. The minimum atomic E-state index is -0.158. The number of phenols is 2. The molecule has 0 heterocycles. The Labute approximate surface area is 260 Å². The molecule has 0 bridgehead atoms. The number of phenolic OH excluding ortho intramolecular Hbond substituents is 2. The topological polar surface area (TPSA) is 137 Å². The number of nitrogens with two attached hydrogens (primary N) is 1. The van der Waals surface area contributed by atoms with Crippen molar-refractivity contribution < 1.29 is 14.9 Å². The van der Waals surface area contributed by atoms with Crippen LogP contribution in [0, 0.1) is 20.8 Å². The van der Waals surface area contributed by atoms with Crippen LogP contribution in [0.1, 0.15) is 16.7 Å². The van der Waals surface area contributed by atoms with Gasteiger partial charge in [0, 0.05) is 34.6 Å². The lowest BCUT2D eigenvalue weighted by atomic mass is 10.0. The molecule has 0 aliphatic heterocycles. The van der Waals surface area contributed by atoms with Gasteiger partial charge in [-0.25, -0.2) is 0 Å². The molecule has 0 atom stereocenters. The smallest absolute Gasteiger partial charge is 0.151 e. The van der Waals surface area contributed by atoms with Gasteiger partial charge in [-0.05, 0) is 109 Å². The van der Waals surface area contributed by atoms with Crippen LogP contribution in [-0.4, -0.2) is 17.3 Å². The van der Waals surface area contributed by atoms with Gasteiger partial charge in [0.2, 0.25) is 0 Å². The number of rotatable bonds is 7. The van der Waals surface area contributed by atoms with Gasteiger partial charge in [-0.1, -0.05) is 23.8 Å². The highest BCUT2D eigenvalue weighted by molar-refractivity contribution is 5.96. The SMILES string of the molecule is COc1cc(N=Nc2c(C)cc3cc(Nc4ccc(N)cc4)ccc3c2O)c(O)cc1N=Nc1ccc2cc(C)cc(C)c2c1. The number of fused-ring (bicyclic) bond motifs is 2. The molecule has 0 fully saturated rings. The van der Waals surface area contributed by atoms with Crippen molar-refractivity contribution in [2.45, 2.75) is 20.8 Å². The molecule has 6 rings (SSSR count). The first-order valence-electron chi connectivity index (χ1n) is 14.3. The van der Waals surface area contributed by atoms with Crippen LogP contribution in [0.4, 0.5) is 39.8 Å². The summed E-state index contributed by atoms with van der Waals surface area (Å²) in [6.45, 7) is 5.99. The summed E-state index contributed by atoms with van der Waals surface area (Å²) in [7, 11) is 1.50. The quantitative estimate of drug-likeness (QED) is 0.107. The minimum Gasteiger partial charge on any atom is -0.506 e. The summed E-state index contributed by atoms with van der Waals surface area (Å²) < 4.78 is 5.52. The zero-order valence-electron chi connectivity index (χ0n) is 25.3. The molecule has 0 aromatic heterocycles. The van der Waals surface area contributed by atoms with Gasteiger partial charge in [-0.3, -0.25) is 0 Å². The molecule has 0 aliphatic carbocycles. The van der Waals surface area contributed by atoms with E-state index in [1.165, 1.54) is 24.8 Å². The first-order chi connectivity index (χ1) is 21.7. The van der Waals surface area contributed by atoms with Gasteiger partial charge in [0.25, 0.3) is 0 Å². The predicted octanol–water partition coefficient (Wildman–Crippen LogP) is 10.5. The van der Waals surface area contributed by atoms with Crippen molar-refractivity contribution in [3.63, 3.8) is 0 Å². The van der Waals surface area contributed by atoms with Gasteiger partial charge in [0.05, 0.1) is 12.8 Å². The highest BCUT2D eigenvalue weighted by Crippen LogP contribution is 2.43. The second kappa shape index (κ2) is 12.0. The van der Waals surface area contributed by atoms with Crippen LogP contribution in [0.3, 0.4) is 0 Å². The van der Waals surface area contributed by atoms with E-state index in [-0.39, 0.29) is 17.2 Å². The van der Waals surface area contributed by atoms with Crippen molar-refractivity contribution in [2.24, 2.45) is 20.5 Å². The Morgan fingerprint density at radius 3 is 2.18 bits per heavy atom. The van der Waals surface area contributed by atoms with Crippen LogP contribution < -0.4 is 15.8 Å². The lowest BCUT2D eigenvalue weighted by molar-refractivity contribution is 0.413. The number of ether oxygens (including phenoxy) is 1. The summed E-state index contributed by atoms with van der Waals surface area (Å²) in [5.74, 6) is 0.193. The van der Waals surface area contributed by atoms with Crippen LogP contribution in [0.5, 0.6) is 17.2 Å². The zero-order chi connectivity index (χ0) is 31.7. The first-order valence-corrected chi connectivity index (χ1v) is 14.3. The lowest BCUT2D eigenvalue weighted by Crippen LogP contribution is -1.91. The van der Waals surface area contributed by atoms with Gasteiger partial charge in [0.15, 0.2) is 5.75 Å². The van der Waals surface area contributed by atoms with E-state index in [1.807, 2.05) is 73.7 Å². The van der Waals surface area contributed by atoms with Crippen LogP contribution in [0.25, 0.3) is 21.5 Å². The van der Waals surface area contributed by atoms with E-state index >= 15 is 0 Å². The summed E-state index contributed by atoms with van der Waals surface area (Å²) >= 11 is 0. The van der Waals surface area contributed by atoms with E-state index < -0.39 is 0 Å². The van der Waals surface area contributed by atoms with E-state index in [4.69, 9.17) is 10.5 Å². The van der Waals surface area contributed by atoms with Gasteiger partial charge in [0.1, 0.15) is 28.6 Å². The number of azo groups is 2. The molecule has 0 spiro atoms. The number of nitrogens with one attached hydrogen (secondary N) is 1. The van der Waals surface area contributed by atoms with E-state index in [2.05, 4.69) is 51.8 Å². The largest absolute Gasteiger partial charge is 0.506 e. The van der Waals surface area contributed by atoms with Crippen LogP contribution in [0.2, 0.25) is 0 Å². The number of hydrogen-bond acceptors (Lipinski definition) is 9. The van der Waals surface area contributed by atoms with Gasteiger partial charge in [-0.2, -0.15) is 5.11 Å². The summed E-state index contributed by atoms with van der Waals surface area (Å²) in [6.07, 6.45) is 0. The molecule has 0 aliphatic rings. The van der Waals surface area contributed by atoms with Crippen LogP contribution >= 0.6 is 0 Å². The number of nitrogens with zero attached hydrogens (tertiary/aromatic N) is 4. The molecule has 6 aromatic rings. The third-order valence-corrected chi connectivity index (χ3v) is 7.57. The molecular weight excluding hydrogens is 564 g/mol. The summed E-state index contributed by atoms with van der Waals surface area (Å²) in [6, 6.07) is 28.2. The monoisotopic (exact) mass is 596 g/mol. The summed E-state index contributed by atoms with van der Waals surface area (Å²) in [5.41, 5.74) is 12.8. The zero-order valence-corrected chi connectivity index (χ0v) is 25.3. The second-order valence-electron chi connectivity index (χ2n) is 11.0. The van der Waals surface area contributed by atoms with E-state index in [9.17, 15) is 10.2 Å². The molecule has 45 heavy (non-hydrogen) atoms. The average Bonchev–Trinajstić information content (AvgIpc) is 3.01. The fraction of sp³-hybridized carbons (Fsp3) is 0.111. The van der Waals surface area contributed by atoms with Crippen molar-refractivity contribution in [1.82, 2.24) is 0 Å². The van der Waals surface area contributed by atoms with Crippen molar-refractivity contribution in [3.05, 3.63) is 108 Å². The third-order valence-electron chi connectivity index (χ3n) is 7.57. The lowest BCUT2D eigenvalue weighted by Gasteiger charge is -2.11. The fourth-order valence-corrected chi connectivity index (χ4v) is 5.31. The number of methoxy groups -OCH3 is 1. The second-order valence-corrected chi connectivity index (χ2v) is 11.0. The molecule has 6 aromatic carbocycles. The number of benzene rings is 6. The van der Waals surface area contributed by atoms with Crippen molar-refractivity contribution in [3.8, 4) is 17.2 Å². The summed E-state index contributed by atoms with van der Waals surface area (Å²) in [4.78, 5) is 0. The molecule has 0 unspecified atom stereocenters. The Hall–Kier alpha value is -5.96. The van der Waals surface area contributed by atoms with E-state index in [0.29, 0.717) is 39.4 Å². The number of aromatic hydroxyl groups is 2. The van der Waals surface area contributed by atoms with Crippen LogP contribution in [0.15, 0.2) is 111 Å². The minimum absolute atomic E-state index is 0.00885. The normalized spacial score (nSPS) is 11.6. The maximum absolute atomic E-state index is 11.1. The number of nitrogen functional groups attached to an aromatic ring is 1. The van der Waals surface area contributed by atoms with Crippen molar-refractivity contribution in [1.29, 1.82) is 0 Å². The molecule has 9 nitrogen and oxygen atoms in total. The Morgan fingerprint density at radius 2 is 1.40 bits per heavy atom. The van der Waals surface area contributed by atoms with E-state index in [1.54, 1.807) is 0 Å². The molecular formula is C36H32N6O3. The first kappa shape index (κ1) is 29.1. The highest BCUT2D eigenvalue weighted by atomic mass is 16.5. The third kappa shape index (κ3) is 6.09. The molecule has 5 N–H and O–H groups in total. The Bertz CT molecular complexity index is 2140. The number of hydrogen-bond donors (Lipinski definition) is 4. The molecule has 0 saturated heterocycles. The molecule has 0 radical (unpaired) electrons. The highest BCUT2D eigenvalue weighted by Gasteiger charge is 2.14. The standard InChI is InChI=1S/C36H32N6O3/c1-20-13-21(2)30-17-28(8-5-23(30)14-20)39-41-32-18-33(43)31(19-34(32)45-4)40-42-35-22(3)15-24-16-27(11-12-29(24)36(35)44)38-26-9-6-25(37)7-10-26/h5-19,38,43-44H,37H2,1-4H3. The van der Waals surface area contributed by atoms with Crippen molar-refractivity contribution >= 4 is 61.4 Å². The maximum atomic E-state index is 11.1.